The van der Waals surface area contributed by atoms with Crippen molar-refractivity contribution in [3.8, 4) is 0 Å². The van der Waals surface area contributed by atoms with Gasteiger partial charge in [-0.1, -0.05) is 0 Å². The van der Waals surface area contributed by atoms with E-state index in [1.807, 2.05) is 0 Å². The minimum atomic E-state index is -4.90. The Morgan fingerprint density at radius 2 is 2.32 bits per heavy atom. The zero-order valence-electron chi connectivity index (χ0n) is 11.4. The van der Waals surface area contributed by atoms with Crippen LogP contribution in [0.25, 0.3) is 0 Å². The van der Waals surface area contributed by atoms with Crippen LogP contribution in [0, 0.1) is 5.92 Å². The number of esters is 1. The van der Waals surface area contributed by atoms with Crippen LogP contribution >= 0.6 is 11.3 Å². The molecule has 0 unspecified atom stereocenters. The van der Waals surface area contributed by atoms with E-state index in [0.29, 0.717) is 23.6 Å². The van der Waals surface area contributed by atoms with Crippen LogP contribution < -0.4 is 5.01 Å². The van der Waals surface area contributed by atoms with Gasteiger partial charge in [-0.25, -0.2) is 9.78 Å². The molecule has 0 radical (unpaired) electrons. The predicted molar refractivity (Wildman–Crippen MR) is 71.7 cm³/mol. The van der Waals surface area contributed by atoms with Crippen molar-refractivity contribution in [2.75, 3.05) is 12.1 Å². The Balaban J connectivity index is 2.03. The molecule has 0 amide bonds. The highest BCUT2D eigenvalue weighted by molar-refractivity contribution is 7.14. The summed E-state index contributed by atoms with van der Waals surface area (Å²) in [6, 6.07) is 0. The second kappa shape index (κ2) is 4.92. The number of ether oxygens (including phenoxy) is 1. The van der Waals surface area contributed by atoms with Gasteiger partial charge in [0.05, 0.1) is 13.0 Å². The Morgan fingerprint density at radius 1 is 1.59 bits per heavy atom. The second-order valence-corrected chi connectivity index (χ2v) is 5.92. The van der Waals surface area contributed by atoms with Crippen molar-refractivity contribution in [1.82, 2.24) is 4.98 Å². The molecule has 120 valence electrons. The number of fused-ring (bicyclic) bond motifs is 1. The van der Waals surface area contributed by atoms with Gasteiger partial charge in [0.15, 0.2) is 5.69 Å². The van der Waals surface area contributed by atoms with Crippen LogP contribution in [-0.4, -0.2) is 40.8 Å². The van der Waals surface area contributed by atoms with E-state index >= 15 is 0 Å². The van der Waals surface area contributed by atoms with Gasteiger partial charge in [0.25, 0.3) is 5.72 Å². The van der Waals surface area contributed by atoms with Gasteiger partial charge in [0, 0.05) is 11.1 Å². The number of carbonyl (C=O) groups is 1. The number of carbonyl (C=O) groups excluding carboxylic acids is 1. The van der Waals surface area contributed by atoms with Crippen LogP contribution in [0.15, 0.2) is 10.5 Å². The molecular formula is C12H12F3N3O3S. The Morgan fingerprint density at radius 3 is 2.95 bits per heavy atom. The minimum Gasteiger partial charge on any atom is -0.464 e. The molecular weight excluding hydrogens is 323 g/mol. The summed E-state index contributed by atoms with van der Waals surface area (Å²) in [5.41, 5.74) is -2.93. The van der Waals surface area contributed by atoms with Gasteiger partial charge >= 0.3 is 12.1 Å². The van der Waals surface area contributed by atoms with E-state index in [0.717, 1.165) is 18.4 Å². The summed E-state index contributed by atoms with van der Waals surface area (Å²) >= 11 is 0.794. The van der Waals surface area contributed by atoms with Gasteiger partial charge in [0.2, 0.25) is 5.13 Å². The maximum atomic E-state index is 13.5. The Labute approximate surface area is 127 Å². The smallest absolute Gasteiger partial charge is 0.439 e. The summed E-state index contributed by atoms with van der Waals surface area (Å²) in [5, 5.41) is 15.8. The van der Waals surface area contributed by atoms with E-state index in [2.05, 4.69) is 14.8 Å². The quantitative estimate of drug-likeness (QED) is 0.838. The van der Waals surface area contributed by atoms with Gasteiger partial charge in [0.1, 0.15) is 0 Å². The zero-order valence-corrected chi connectivity index (χ0v) is 12.2. The van der Waals surface area contributed by atoms with E-state index in [4.69, 9.17) is 0 Å². The van der Waals surface area contributed by atoms with Crippen LogP contribution in [0.5, 0.6) is 0 Å². The van der Waals surface area contributed by atoms with E-state index in [-0.39, 0.29) is 17.2 Å². The fraction of sp³-hybridized carbons (Fsp3) is 0.583. The number of hydrogen-bond acceptors (Lipinski definition) is 7. The molecule has 1 saturated carbocycles. The lowest BCUT2D eigenvalue weighted by Crippen LogP contribution is -2.59. The topological polar surface area (TPSA) is 75.0 Å². The van der Waals surface area contributed by atoms with Crippen LogP contribution in [0.1, 0.15) is 29.8 Å². The molecule has 0 spiro atoms. The number of hydrogen-bond donors (Lipinski definition) is 1. The van der Waals surface area contributed by atoms with Gasteiger partial charge in [-0.15, -0.1) is 11.3 Å². The maximum absolute atomic E-state index is 13.5. The van der Waals surface area contributed by atoms with Gasteiger partial charge in [-0.2, -0.15) is 23.3 Å². The minimum absolute atomic E-state index is 0.121. The third-order valence-electron chi connectivity index (χ3n) is 3.85. The Bertz CT molecular complexity index is 645. The highest BCUT2D eigenvalue weighted by atomic mass is 32.1. The first-order chi connectivity index (χ1) is 10.3. The molecule has 0 saturated heterocycles. The predicted octanol–water partition coefficient (Wildman–Crippen LogP) is 2.16. The lowest BCUT2D eigenvalue weighted by Gasteiger charge is -2.36. The number of anilines is 1. The number of thiazole rings is 1. The summed E-state index contributed by atoms with van der Waals surface area (Å²) in [5.74, 6) is -1.86. The Kier molecular flexibility index (Phi) is 3.40. The van der Waals surface area contributed by atoms with Crippen molar-refractivity contribution < 1.29 is 27.8 Å². The van der Waals surface area contributed by atoms with E-state index in [9.17, 15) is 23.1 Å². The lowest BCUT2D eigenvalue weighted by molar-refractivity contribution is -0.268. The molecule has 22 heavy (non-hydrogen) atoms. The van der Waals surface area contributed by atoms with Crippen LogP contribution in [0.3, 0.4) is 0 Å². The van der Waals surface area contributed by atoms with Crippen molar-refractivity contribution in [2.45, 2.75) is 31.2 Å². The highest BCUT2D eigenvalue weighted by Gasteiger charge is 2.68. The van der Waals surface area contributed by atoms with Crippen LogP contribution in [-0.2, 0) is 4.74 Å². The monoisotopic (exact) mass is 335 g/mol. The zero-order chi connectivity index (χ0) is 16.1. The number of aromatic nitrogens is 1. The molecule has 2 heterocycles. The second-order valence-electron chi connectivity index (χ2n) is 5.08. The molecule has 1 aliphatic heterocycles. The average Bonchev–Trinajstić information content (AvgIpc) is 3.13. The van der Waals surface area contributed by atoms with Crippen LogP contribution in [0.4, 0.5) is 18.3 Å². The summed E-state index contributed by atoms with van der Waals surface area (Å²) in [6.45, 7) is 0. The van der Waals surface area contributed by atoms with Crippen molar-refractivity contribution in [1.29, 1.82) is 0 Å². The summed E-state index contributed by atoms with van der Waals surface area (Å²) in [6.07, 6.45) is -3.72. The lowest BCUT2D eigenvalue weighted by atomic mass is 9.93. The van der Waals surface area contributed by atoms with Crippen LogP contribution in [0.2, 0.25) is 0 Å². The molecule has 1 N–H and O–H groups in total. The number of hydrazone groups is 1. The summed E-state index contributed by atoms with van der Waals surface area (Å²) < 4.78 is 44.9. The average molecular weight is 335 g/mol. The fourth-order valence-corrected chi connectivity index (χ4v) is 3.60. The van der Waals surface area contributed by atoms with E-state index in [1.165, 1.54) is 5.38 Å². The number of methoxy groups -OCH3 is 1. The summed E-state index contributed by atoms with van der Waals surface area (Å²) in [7, 11) is 1.15. The SMILES string of the molecule is COC(=O)c1csc(N2N=C3CCC[C@H]3[C@@]2(O)C(F)(F)F)n1. The molecule has 10 heteroatoms. The fourth-order valence-electron chi connectivity index (χ4n) is 2.80. The van der Waals surface area contributed by atoms with Gasteiger partial charge in [-0.05, 0) is 19.3 Å². The van der Waals surface area contributed by atoms with E-state index in [1.54, 1.807) is 0 Å². The molecule has 1 fully saturated rings. The van der Waals surface area contributed by atoms with Gasteiger partial charge in [-0.3, -0.25) is 0 Å². The molecule has 3 rings (SSSR count). The molecule has 2 atom stereocenters. The third kappa shape index (κ3) is 2.01. The molecule has 2 aliphatic rings. The molecule has 1 aromatic heterocycles. The molecule has 6 nitrogen and oxygen atoms in total. The standard InChI is InChI=1S/C12H12F3N3O3S/c1-21-9(19)8-5-22-10(16-8)18-11(20,12(13,14)15)6-3-2-4-7(6)17-18/h5-6,20H,2-4H2,1H3/t6-,11-/m1/s1. The number of alkyl halides is 3. The molecule has 1 aliphatic carbocycles. The van der Waals surface area contributed by atoms with Crippen molar-refractivity contribution in [3.05, 3.63) is 11.1 Å². The Hall–Kier alpha value is -1.68. The first kappa shape index (κ1) is 15.2. The van der Waals surface area contributed by atoms with Crippen molar-refractivity contribution >= 4 is 28.1 Å². The van der Waals surface area contributed by atoms with Gasteiger partial charge < -0.3 is 9.84 Å². The highest BCUT2D eigenvalue weighted by Crippen LogP contribution is 2.50. The van der Waals surface area contributed by atoms with Crippen molar-refractivity contribution in [3.63, 3.8) is 0 Å². The number of aliphatic hydroxyl groups is 1. The molecule has 0 bridgehead atoms. The normalized spacial score (nSPS) is 27.8. The van der Waals surface area contributed by atoms with Crippen molar-refractivity contribution in [2.24, 2.45) is 11.0 Å². The summed E-state index contributed by atoms with van der Waals surface area (Å²) in [4.78, 5) is 15.2. The largest absolute Gasteiger partial charge is 0.464 e. The molecule has 0 aromatic carbocycles. The number of nitrogens with zero attached hydrogens (tertiary/aromatic N) is 3. The number of halogens is 3. The third-order valence-corrected chi connectivity index (χ3v) is 4.67. The molecule has 1 aromatic rings. The number of rotatable bonds is 2. The van der Waals surface area contributed by atoms with E-state index < -0.39 is 23.8 Å². The maximum Gasteiger partial charge on any atom is 0.439 e. The first-order valence-electron chi connectivity index (χ1n) is 6.49. The first-order valence-corrected chi connectivity index (χ1v) is 7.37.